The molecule has 210 valence electrons. The number of H-pyrrole nitrogens is 1. The van der Waals surface area contributed by atoms with E-state index in [1.165, 1.54) is 23.5 Å². The molecule has 5 heterocycles. The Hall–Kier alpha value is -4.50. The number of nitriles is 1. The molecule has 12 heteroatoms. The molecule has 5 aromatic rings. The standard InChI is InChI=1S/C29H28F3N9/c1-18-20(2-5-26-25(18)10-23(12-33)41(26)15-19-13-36-37-14-19)16-40-8-6-21(7-9-40)38-27-24-4-3-22(11-29(30,31)32)39-28(24)35-17-34-27/h2-5,10,13-14,17,21H,6-9,11,15-16H2,1H3,(H,36,37)(H,34,35,38,39). The molecule has 0 bridgehead atoms. The zero-order chi connectivity index (χ0) is 28.6. The van der Waals surface area contributed by atoms with E-state index in [2.05, 4.69) is 60.5 Å². The lowest BCUT2D eigenvalue weighted by molar-refractivity contribution is -0.127. The molecular weight excluding hydrogens is 531 g/mol. The summed E-state index contributed by atoms with van der Waals surface area (Å²) in [6, 6.07) is 11.7. The molecule has 0 radical (unpaired) electrons. The monoisotopic (exact) mass is 559 g/mol. The van der Waals surface area contributed by atoms with Gasteiger partial charge >= 0.3 is 6.18 Å². The predicted octanol–water partition coefficient (Wildman–Crippen LogP) is 5.11. The third-order valence-corrected chi connectivity index (χ3v) is 7.74. The van der Waals surface area contributed by atoms with Crippen LogP contribution in [-0.4, -0.2) is 59.9 Å². The number of hydrogen-bond acceptors (Lipinski definition) is 7. The topological polar surface area (TPSA) is 111 Å². The Morgan fingerprint density at radius 1 is 1.10 bits per heavy atom. The van der Waals surface area contributed by atoms with Gasteiger partial charge in [0, 0.05) is 48.3 Å². The van der Waals surface area contributed by atoms with E-state index < -0.39 is 12.6 Å². The van der Waals surface area contributed by atoms with Gasteiger partial charge < -0.3 is 9.88 Å². The normalized spacial score (nSPS) is 15.0. The van der Waals surface area contributed by atoms with Gasteiger partial charge in [-0.15, -0.1) is 0 Å². The molecule has 9 nitrogen and oxygen atoms in total. The van der Waals surface area contributed by atoms with E-state index in [0.717, 1.165) is 48.9 Å². The highest BCUT2D eigenvalue weighted by atomic mass is 19.4. The van der Waals surface area contributed by atoms with Gasteiger partial charge in [-0.1, -0.05) is 6.07 Å². The van der Waals surface area contributed by atoms with Gasteiger partial charge in [-0.25, -0.2) is 15.0 Å². The van der Waals surface area contributed by atoms with E-state index in [1.807, 2.05) is 16.8 Å². The van der Waals surface area contributed by atoms with Crippen molar-refractivity contribution in [2.24, 2.45) is 0 Å². The minimum Gasteiger partial charge on any atom is -0.367 e. The number of rotatable bonds is 7. The average Bonchev–Trinajstić information content (AvgIpc) is 3.59. The van der Waals surface area contributed by atoms with Gasteiger partial charge in [0.05, 0.1) is 30.2 Å². The van der Waals surface area contributed by atoms with E-state index in [-0.39, 0.29) is 17.4 Å². The van der Waals surface area contributed by atoms with E-state index in [9.17, 15) is 18.4 Å². The van der Waals surface area contributed by atoms with Crippen molar-refractivity contribution < 1.29 is 13.2 Å². The fraction of sp³-hybridized carbons (Fsp3) is 0.345. The maximum atomic E-state index is 12.8. The van der Waals surface area contributed by atoms with E-state index in [4.69, 9.17) is 0 Å². The van der Waals surface area contributed by atoms with Crippen LogP contribution in [-0.2, 0) is 19.5 Å². The van der Waals surface area contributed by atoms with Gasteiger partial charge in [0.25, 0.3) is 0 Å². The van der Waals surface area contributed by atoms with Crippen LogP contribution in [0.15, 0.2) is 49.1 Å². The molecule has 0 atom stereocenters. The summed E-state index contributed by atoms with van der Waals surface area (Å²) in [5, 5.41) is 21.8. The van der Waals surface area contributed by atoms with Gasteiger partial charge in [0.2, 0.25) is 0 Å². The summed E-state index contributed by atoms with van der Waals surface area (Å²) in [4.78, 5) is 14.9. The first-order valence-electron chi connectivity index (χ1n) is 13.4. The first-order valence-corrected chi connectivity index (χ1v) is 13.4. The summed E-state index contributed by atoms with van der Waals surface area (Å²) >= 11 is 0. The second-order valence-electron chi connectivity index (χ2n) is 10.5. The Kier molecular flexibility index (Phi) is 7.05. The maximum absolute atomic E-state index is 12.8. The van der Waals surface area contributed by atoms with E-state index in [1.54, 1.807) is 12.3 Å². The number of alkyl halides is 3. The Labute approximate surface area is 234 Å². The molecule has 2 N–H and O–H groups in total. The zero-order valence-corrected chi connectivity index (χ0v) is 22.4. The number of nitrogens with zero attached hydrogens (tertiary/aromatic N) is 7. The largest absolute Gasteiger partial charge is 0.394 e. The van der Waals surface area contributed by atoms with Crippen molar-refractivity contribution in [1.29, 1.82) is 5.26 Å². The van der Waals surface area contributed by atoms with Crippen LogP contribution < -0.4 is 5.32 Å². The number of aromatic nitrogens is 6. The summed E-state index contributed by atoms with van der Waals surface area (Å²) in [7, 11) is 0. The Bertz CT molecular complexity index is 1730. The first-order chi connectivity index (χ1) is 19.8. The van der Waals surface area contributed by atoms with Crippen molar-refractivity contribution in [2.75, 3.05) is 18.4 Å². The number of likely N-dealkylation sites (tertiary alicyclic amines) is 1. The van der Waals surface area contributed by atoms with Gasteiger partial charge in [-0.3, -0.25) is 10.00 Å². The van der Waals surface area contributed by atoms with Crippen LogP contribution in [0.2, 0.25) is 0 Å². The number of hydrogen-bond donors (Lipinski definition) is 2. The molecule has 0 unspecified atom stereocenters. The molecule has 6 rings (SSSR count). The maximum Gasteiger partial charge on any atom is 0.394 e. The zero-order valence-electron chi connectivity index (χ0n) is 22.4. The lowest BCUT2D eigenvalue weighted by atomic mass is 10.0. The van der Waals surface area contributed by atoms with Gasteiger partial charge in [0.15, 0.2) is 5.65 Å². The number of anilines is 1. The number of aryl methyl sites for hydroxylation is 1. The fourth-order valence-electron chi connectivity index (χ4n) is 5.57. The second-order valence-corrected chi connectivity index (χ2v) is 10.5. The predicted molar refractivity (Wildman–Crippen MR) is 148 cm³/mol. The molecule has 0 amide bonds. The van der Waals surface area contributed by atoms with E-state index >= 15 is 0 Å². The highest BCUT2D eigenvalue weighted by Gasteiger charge is 2.29. The SMILES string of the molecule is Cc1c(CN2CCC(Nc3ncnc4nc(CC(F)(F)F)ccc34)CC2)ccc2c1cc(C#N)n2Cc1cn[nH]c1. The average molecular weight is 560 g/mol. The first kappa shape index (κ1) is 26.7. The summed E-state index contributed by atoms with van der Waals surface area (Å²) in [6.45, 7) is 5.28. The van der Waals surface area contributed by atoms with Crippen molar-refractivity contribution in [3.8, 4) is 6.07 Å². The number of piperidine rings is 1. The summed E-state index contributed by atoms with van der Waals surface area (Å²) < 4.78 is 40.4. The molecule has 0 saturated carbocycles. The Morgan fingerprint density at radius 2 is 1.93 bits per heavy atom. The van der Waals surface area contributed by atoms with Crippen LogP contribution in [0.5, 0.6) is 0 Å². The number of halogens is 3. The molecule has 1 fully saturated rings. The number of aromatic amines is 1. The van der Waals surface area contributed by atoms with Crippen LogP contribution in [0, 0.1) is 18.3 Å². The number of nitrogens with one attached hydrogen (secondary N) is 2. The molecule has 1 aliphatic heterocycles. The van der Waals surface area contributed by atoms with Crippen LogP contribution in [0.3, 0.4) is 0 Å². The summed E-state index contributed by atoms with van der Waals surface area (Å²) in [5.74, 6) is 0.592. The van der Waals surface area contributed by atoms with Crippen molar-refractivity contribution in [3.63, 3.8) is 0 Å². The molecule has 41 heavy (non-hydrogen) atoms. The minimum absolute atomic E-state index is 0.0604. The third kappa shape index (κ3) is 5.71. The lowest BCUT2D eigenvalue weighted by Crippen LogP contribution is -2.39. The van der Waals surface area contributed by atoms with Gasteiger partial charge in [-0.05, 0) is 55.2 Å². The van der Waals surface area contributed by atoms with Crippen molar-refractivity contribution in [2.45, 2.75) is 51.5 Å². The number of pyridine rings is 1. The van der Waals surface area contributed by atoms with Crippen molar-refractivity contribution >= 4 is 27.8 Å². The quantitative estimate of drug-likeness (QED) is 0.285. The lowest BCUT2D eigenvalue weighted by Gasteiger charge is -2.33. The molecule has 1 saturated heterocycles. The number of benzene rings is 1. The van der Waals surface area contributed by atoms with Crippen LogP contribution in [0.1, 0.15) is 40.9 Å². The Morgan fingerprint density at radius 3 is 2.66 bits per heavy atom. The fourth-order valence-corrected chi connectivity index (χ4v) is 5.57. The molecule has 0 spiro atoms. The van der Waals surface area contributed by atoms with Gasteiger partial charge in [-0.2, -0.15) is 23.5 Å². The van der Waals surface area contributed by atoms with Crippen LogP contribution >= 0.6 is 0 Å². The summed E-state index contributed by atoms with van der Waals surface area (Å²) in [5.41, 5.74) is 5.27. The number of fused-ring (bicyclic) bond motifs is 2. The molecule has 1 aliphatic rings. The minimum atomic E-state index is -4.32. The highest BCUT2D eigenvalue weighted by molar-refractivity contribution is 5.87. The molecule has 0 aliphatic carbocycles. The smallest absolute Gasteiger partial charge is 0.367 e. The van der Waals surface area contributed by atoms with Crippen molar-refractivity contribution in [1.82, 2.24) is 34.6 Å². The highest BCUT2D eigenvalue weighted by Crippen LogP contribution is 2.29. The second kappa shape index (κ2) is 10.8. The van der Waals surface area contributed by atoms with Crippen molar-refractivity contribution in [3.05, 3.63) is 77.1 Å². The molecule has 1 aromatic carbocycles. The molecular formula is C29H28F3N9. The van der Waals surface area contributed by atoms with E-state index in [0.29, 0.717) is 23.4 Å². The van der Waals surface area contributed by atoms with Gasteiger partial charge in [0.1, 0.15) is 23.9 Å². The summed E-state index contributed by atoms with van der Waals surface area (Å²) in [6.07, 6.45) is 1.33. The van der Waals surface area contributed by atoms with Crippen LogP contribution in [0.4, 0.5) is 19.0 Å². The Balaban J connectivity index is 1.11. The molecule has 4 aromatic heterocycles. The third-order valence-electron chi connectivity index (χ3n) is 7.74. The van der Waals surface area contributed by atoms with Crippen LogP contribution in [0.25, 0.3) is 21.9 Å².